The van der Waals surface area contributed by atoms with Gasteiger partial charge in [0.2, 0.25) is 0 Å². The number of nitrogens with zero attached hydrogens (tertiary/aromatic N) is 2. The molecule has 1 aromatic heterocycles. The van der Waals surface area contributed by atoms with Crippen LogP contribution in [0.15, 0.2) is 47.4 Å². The fourth-order valence-corrected chi connectivity index (χ4v) is 1.59. The van der Waals surface area contributed by atoms with Crippen molar-refractivity contribution in [3.8, 4) is 5.75 Å². The van der Waals surface area contributed by atoms with Crippen molar-refractivity contribution in [2.45, 2.75) is 6.54 Å². The highest BCUT2D eigenvalue weighted by Gasteiger charge is 2.05. The van der Waals surface area contributed by atoms with Crippen LogP contribution < -0.4 is 10.3 Å². The van der Waals surface area contributed by atoms with E-state index in [0.717, 1.165) is 5.56 Å². The minimum atomic E-state index is -0.281. The van der Waals surface area contributed by atoms with Gasteiger partial charge in [-0.2, -0.15) is 5.10 Å². The summed E-state index contributed by atoms with van der Waals surface area (Å²) < 4.78 is 6.35. The Hall–Kier alpha value is -1.81. The summed E-state index contributed by atoms with van der Waals surface area (Å²) in [5.74, 6) is 0.214. The molecule has 5 heteroatoms. The Morgan fingerprint density at radius 1 is 1.24 bits per heavy atom. The van der Waals surface area contributed by atoms with Gasteiger partial charge in [-0.15, -0.1) is 0 Å². The summed E-state index contributed by atoms with van der Waals surface area (Å²) in [4.78, 5) is 11.9. The molecule has 17 heavy (non-hydrogen) atoms. The van der Waals surface area contributed by atoms with Gasteiger partial charge < -0.3 is 4.74 Å². The summed E-state index contributed by atoms with van der Waals surface area (Å²) in [6.45, 7) is 0.416. The molecule has 88 valence electrons. The second-order valence-corrected chi connectivity index (χ2v) is 3.62. The topological polar surface area (TPSA) is 44.1 Å². The third-order valence-electron chi connectivity index (χ3n) is 2.26. The maximum atomic E-state index is 11.9. The average molecular weight is 251 g/mol. The van der Waals surface area contributed by atoms with Crippen LogP contribution in [0.3, 0.4) is 0 Å². The molecule has 0 bridgehead atoms. The van der Waals surface area contributed by atoms with Crippen LogP contribution in [0.25, 0.3) is 0 Å². The van der Waals surface area contributed by atoms with Gasteiger partial charge in [-0.25, -0.2) is 4.68 Å². The highest BCUT2D eigenvalue weighted by atomic mass is 35.5. The van der Waals surface area contributed by atoms with Crippen LogP contribution in [0.2, 0.25) is 0 Å². The summed E-state index contributed by atoms with van der Waals surface area (Å²) in [6, 6.07) is 11.1. The van der Waals surface area contributed by atoms with Crippen molar-refractivity contribution in [1.82, 2.24) is 9.78 Å². The Morgan fingerprint density at radius 3 is 2.71 bits per heavy atom. The maximum Gasteiger partial charge on any atom is 0.309 e. The summed E-state index contributed by atoms with van der Waals surface area (Å²) in [5.41, 5.74) is 0.724. The average Bonchev–Trinajstić information content (AvgIpc) is 2.36. The molecular weight excluding hydrogens is 240 g/mol. The van der Waals surface area contributed by atoms with Gasteiger partial charge >= 0.3 is 5.56 Å². The molecule has 0 fully saturated rings. The number of ether oxygens (including phenoxy) is 1. The van der Waals surface area contributed by atoms with Crippen molar-refractivity contribution in [2.24, 2.45) is 0 Å². The van der Waals surface area contributed by atoms with Gasteiger partial charge in [0.15, 0.2) is 11.8 Å². The van der Waals surface area contributed by atoms with E-state index in [0.29, 0.717) is 6.54 Å². The first-order valence-electron chi connectivity index (χ1n) is 5.10. The van der Waals surface area contributed by atoms with Crippen molar-refractivity contribution in [1.29, 1.82) is 0 Å². The molecule has 0 aliphatic carbocycles. The Morgan fingerprint density at radius 2 is 2.00 bits per heavy atom. The highest BCUT2D eigenvalue weighted by Crippen LogP contribution is 2.03. The lowest BCUT2D eigenvalue weighted by Crippen LogP contribution is -2.24. The van der Waals surface area contributed by atoms with Crippen LogP contribution in [-0.2, 0) is 6.54 Å². The monoisotopic (exact) mass is 250 g/mol. The molecule has 0 aliphatic rings. The van der Waals surface area contributed by atoms with E-state index in [1.807, 2.05) is 30.3 Å². The molecule has 0 saturated heterocycles. The van der Waals surface area contributed by atoms with E-state index in [-0.39, 0.29) is 17.4 Å². The molecule has 0 N–H and O–H groups in total. The number of hydrogen-bond acceptors (Lipinski definition) is 3. The number of rotatable bonds is 4. The lowest BCUT2D eigenvalue weighted by Gasteiger charge is -2.06. The number of aromatic nitrogens is 2. The fourth-order valence-electron chi connectivity index (χ4n) is 1.47. The quantitative estimate of drug-likeness (QED) is 0.778. The zero-order valence-corrected chi connectivity index (χ0v) is 9.80. The van der Waals surface area contributed by atoms with E-state index < -0.39 is 0 Å². The predicted molar refractivity (Wildman–Crippen MR) is 65.4 cm³/mol. The number of alkyl halides is 1. The SMILES string of the molecule is O=c1c(OCCl)ccnn1Cc1ccccc1. The molecule has 0 atom stereocenters. The zero-order chi connectivity index (χ0) is 12.1. The second kappa shape index (κ2) is 5.50. The number of hydrogen-bond donors (Lipinski definition) is 0. The number of benzene rings is 1. The van der Waals surface area contributed by atoms with Crippen molar-refractivity contribution < 1.29 is 4.74 Å². The van der Waals surface area contributed by atoms with E-state index in [1.54, 1.807) is 0 Å². The van der Waals surface area contributed by atoms with Gasteiger partial charge in [0.1, 0.15) is 0 Å². The van der Waals surface area contributed by atoms with Crippen molar-refractivity contribution in [3.63, 3.8) is 0 Å². The van der Waals surface area contributed by atoms with Gasteiger partial charge in [-0.3, -0.25) is 4.79 Å². The molecule has 0 saturated carbocycles. The molecule has 0 unspecified atom stereocenters. The lowest BCUT2D eigenvalue weighted by molar-refractivity contribution is 0.374. The number of halogens is 1. The first-order chi connectivity index (χ1) is 8.31. The molecule has 0 spiro atoms. The Kier molecular flexibility index (Phi) is 3.77. The summed E-state index contributed by atoms with van der Waals surface area (Å²) in [6.07, 6.45) is 1.52. The standard InChI is InChI=1S/C12H11ClN2O2/c13-9-17-11-6-7-14-15(12(11)16)8-10-4-2-1-3-5-10/h1-7H,8-9H2. The van der Waals surface area contributed by atoms with Gasteiger partial charge in [0.25, 0.3) is 0 Å². The fraction of sp³-hybridized carbons (Fsp3) is 0.167. The van der Waals surface area contributed by atoms with Crippen LogP contribution in [0.1, 0.15) is 5.56 Å². The molecule has 1 aromatic carbocycles. The van der Waals surface area contributed by atoms with E-state index in [9.17, 15) is 4.79 Å². The van der Waals surface area contributed by atoms with E-state index in [4.69, 9.17) is 16.3 Å². The largest absolute Gasteiger partial charge is 0.472 e. The second-order valence-electron chi connectivity index (χ2n) is 3.40. The van der Waals surface area contributed by atoms with Crippen molar-refractivity contribution >= 4 is 11.6 Å². The normalized spacial score (nSPS) is 10.2. The molecule has 0 aliphatic heterocycles. The maximum absolute atomic E-state index is 11.9. The van der Waals surface area contributed by atoms with Crippen molar-refractivity contribution in [3.05, 3.63) is 58.5 Å². The van der Waals surface area contributed by atoms with Gasteiger partial charge in [-0.1, -0.05) is 41.9 Å². The molecule has 2 rings (SSSR count). The molecule has 2 aromatic rings. The Balaban J connectivity index is 2.28. The molecule has 0 amide bonds. The van der Waals surface area contributed by atoms with Crippen LogP contribution in [0.4, 0.5) is 0 Å². The van der Waals surface area contributed by atoms with E-state index in [1.165, 1.54) is 16.9 Å². The molecule has 1 heterocycles. The van der Waals surface area contributed by atoms with Gasteiger partial charge in [-0.05, 0) is 5.56 Å². The first kappa shape index (κ1) is 11.7. The van der Waals surface area contributed by atoms with Gasteiger partial charge in [0.05, 0.1) is 12.7 Å². The van der Waals surface area contributed by atoms with Crippen LogP contribution in [0, 0.1) is 0 Å². The predicted octanol–water partition coefficient (Wildman–Crippen LogP) is 1.87. The molecule has 4 nitrogen and oxygen atoms in total. The minimum absolute atomic E-state index is 0.0510. The van der Waals surface area contributed by atoms with Crippen LogP contribution in [0.5, 0.6) is 5.75 Å². The smallest absolute Gasteiger partial charge is 0.309 e. The Labute approximate surface area is 103 Å². The van der Waals surface area contributed by atoms with Gasteiger partial charge in [0, 0.05) is 6.07 Å². The third-order valence-corrected chi connectivity index (χ3v) is 2.37. The van der Waals surface area contributed by atoms with Crippen molar-refractivity contribution in [2.75, 3.05) is 6.07 Å². The van der Waals surface area contributed by atoms with Crippen LogP contribution >= 0.6 is 11.6 Å². The summed E-state index contributed by atoms with van der Waals surface area (Å²) in [7, 11) is 0. The van der Waals surface area contributed by atoms with Crippen LogP contribution in [-0.4, -0.2) is 15.8 Å². The zero-order valence-electron chi connectivity index (χ0n) is 9.04. The van der Waals surface area contributed by atoms with E-state index in [2.05, 4.69) is 5.10 Å². The summed E-state index contributed by atoms with van der Waals surface area (Å²) >= 11 is 5.43. The first-order valence-corrected chi connectivity index (χ1v) is 5.63. The summed E-state index contributed by atoms with van der Waals surface area (Å²) in [5, 5.41) is 4.00. The highest BCUT2D eigenvalue weighted by molar-refractivity contribution is 6.17. The lowest BCUT2D eigenvalue weighted by atomic mass is 10.2. The Bertz CT molecular complexity index is 540. The minimum Gasteiger partial charge on any atom is -0.472 e. The molecular formula is C12H11ClN2O2. The third kappa shape index (κ3) is 2.85. The van der Waals surface area contributed by atoms with E-state index >= 15 is 0 Å². The molecule has 0 radical (unpaired) electrons.